The molecule has 31 heavy (non-hydrogen) atoms. The van der Waals surface area contributed by atoms with Crippen LogP contribution < -0.4 is 14.8 Å². The lowest BCUT2D eigenvalue weighted by atomic mass is 10.1. The van der Waals surface area contributed by atoms with Crippen LogP contribution in [0, 0.1) is 0 Å². The van der Waals surface area contributed by atoms with Crippen LogP contribution in [0.4, 0.5) is 5.69 Å². The van der Waals surface area contributed by atoms with Crippen molar-refractivity contribution in [3.63, 3.8) is 0 Å². The number of esters is 1. The second-order valence-electron chi connectivity index (χ2n) is 6.45. The minimum Gasteiger partial charge on any atom is -0.497 e. The van der Waals surface area contributed by atoms with Gasteiger partial charge in [-0.25, -0.2) is 4.79 Å². The highest BCUT2D eigenvalue weighted by atomic mass is 16.6. The van der Waals surface area contributed by atoms with E-state index < -0.39 is 24.6 Å². The minimum absolute atomic E-state index is 0.256. The molecule has 3 aromatic rings. The Bertz CT molecular complexity index is 1050. The summed E-state index contributed by atoms with van der Waals surface area (Å²) >= 11 is 0. The number of para-hydroxylation sites is 1. The summed E-state index contributed by atoms with van der Waals surface area (Å²) in [6, 6.07) is 22.0. The monoisotopic (exact) mass is 419 g/mol. The fourth-order valence-electron chi connectivity index (χ4n) is 2.82. The van der Waals surface area contributed by atoms with Gasteiger partial charge >= 0.3 is 5.97 Å². The number of carbonyl (C=O) groups is 3. The number of aldehydes is 1. The quantitative estimate of drug-likeness (QED) is 0.419. The molecule has 7 heteroatoms. The lowest BCUT2D eigenvalue weighted by molar-refractivity contribution is -0.156. The lowest BCUT2D eigenvalue weighted by Crippen LogP contribution is -2.28. The van der Waals surface area contributed by atoms with E-state index in [1.54, 1.807) is 78.9 Å². The maximum Gasteiger partial charge on any atom is 0.345 e. The second-order valence-corrected chi connectivity index (χ2v) is 6.45. The number of rotatable bonds is 9. The zero-order valence-electron chi connectivity index (χ0n) is 16.8. The largest absolute Gasteiger partial charge is 0.497 e. The molecule has 0 aliphatic carbocycles. The number of ether oxygens (including phenoxy) is 3. The molecule has 0 aliphatic heterocycles. The first-order chi connectivity index (χ1) is 15.1. The van der Waals surface area contributed by atoms with Crippen LogP contribution in [0.2, 0.25) is 0 Å². The van der Waals surface area contributed by atoms with E-state index in [9.17, 15) is 14.4 Å². The molecule has 0 saturated heterocycles. The zero-order valence-corrected chi connectivity index (χ0v) is 16.8. The number of anilines is 1. The Labute approximate surface area is 179 Å². The second kappa shape index (κ2) is 10.6. The van der Waals surface area contributed by atoms with Crippen LogP contribution in [-0.2, 0) is 14.3 Å². The lowest BCUT2D eigenvalue weighted by Gasteiger charge is -2.18. The number of hydrogen-bond acceptors (Lipinski definition) is 6. The van der Waals surface area contributed by atoms with Crippen LogP contribution in [0.25, 0.3) is 0 Å². The van der Waals surface area contributed by atoms with E-state index in [-0.39, 0.29) is 5.75 Å². The molecule has 0 spiro atoms. The third-order valence-electron chi connectivity index (χ3n) is 4.32. The summed E-state index contributed by atoms with van der Waals surface area (Å²) in [4.78, 5) is 36.4. The summed E-state index contributed by atoms with van der Waals surface area (Å²) in [6.45, 7) is -0.458. The summed E-state index contributed by atoms with van der Waals surface area (Å²) in [5.41, 5.74) is 1.31. The molecule has 0 bridgehead atoms. The minimum atomic E-state index is -1.19. The van der Waals surface area contributed by atoms with Crippen LogP contribution in [0.3, 0.4) is 0 Å². The standard InChI is InChI=1S/C24H21NO6/c1-29-20-12-7-11-19(14-20)25-24(28)23(17-8-3-2-4-9-17)31-22(27)16-30-21-13-6-5-10-18(21)15-26/h2-15,23H,16H2,1H3,(H,25,28)/t23-/m1/s1. The van der Waals surface area contributed by atoms with Crippen molar-refractivity contribution in [3.8, 4) is 11.5 Å². The average Bonchev–Trinajstić information content (AvgIpc) is 2.82. The fraction of sp³-hybridized carbons (Fsp3) is 0.125. The van der Waals surface area contributed by atoms with Crippen molar-refractivity contribution in [1.29, 1.82) is 0 Å². The molecule has 7 nitrogen and oxygen atoms in total. The molecule has 0 radical (unpaired) electrons. The van der Waals surface area contributed by atoms with Crippen molar-refractivity contribution >= 4 is 23.9 Å². The van der Waals surface area contributed by atoms with Crippen LogP contribution in [0.1, 0.15) is 22.0 Å². The molecule has 1 amide bonds. The van der Waals surface area contributed by atoms with Gasteiger partial charge in [0.25, 0.3) is 5.91 Å². The van der Waals surface area contributed by atoms with Gasteiger partial charge in [-0.15, -0.1) is 0 Å². The van der Waals surface area contributed by atoms with Crippen molar-refractivity contribution in [2.45, 2.75) is 6.10 Å². The first kappa shape index (κ1) is 21.6. The predicted octanol–water partition coefficient (Wildman–Crippen LogP) is 3.81. The van der Waals surface area contributed by atoms with E-state index >= 15 is 0 Å². The van der Waals surface area contributed by atoms with E-state index in [1.165, 1.54) is 7.11 Å². The van der Waals surface area contributed by atoms with Crippen molar-refractivity contribution in [1.82, 2.24) is 0 Å². The van der Waals surface area contributed by atoms with Gasteiger partial charge in [-0.05, 0) is 24.3 Å². The SMILES string of the molecule is COc1cccc(NC(=O)[C@H](OC(=O)COc2ccccc2C=O)c2ccccc2)c1. The van der Waals surface area contributed by atoms with Gasteiger partial charge in [0.05, 0.1) is 12.7 Å². The molecule has 0 heterocycles. The van der Waals surface area contributed by atoms with Crippen LogP contribution in [-0.4, -0.2) is 31.9 Å². The summed E-state index contributed by atoms with van der Waals surface area (Å²) in [7, 11) is 1.53. The third-order valence-corrected chi connectivity index (χ3v) is 4.32. The van der Waals surface area contributed by atoms with Gasteiger partial charge in [0.1, 0.15) is 11.5 Å². The maximum absolute atomic E-state index is 12.9. The van der Waals surface area contributed by atoms with E-state index in [1.807, 2.05) is 0 Å². The van der Waals surface area contributed by atoms with Crippen LogP contribution in [0.15, 0.2) is 78.9 Å². The Kier molecular flexibility index (Phi) is 7.37. The molecule has 0 saturated carbocycles. The van der Waals surface area contributed by atoms with Gasteiger partial charge in [0, 0.05) is 17.3 Å². The van der Waals surface area contributed by atoms with Gasteiger partial charge in [-0.3, -0.25) is 9.59 Å². The highest BCUT2D eigenvalue weighted by molar-refractivity contribution is 5.96. The molecule has 0 aromatic heterocycles. The summed E-state index contributed by atoms with van der Waals surface area (Å²) in [6.07, 6.45) is -0.556. The molecular formula is C24H21NO6. The Balaban J connectivity index is 1.72. The van der Waals surface area contributed by atoms with Gasteiger partial charge in [0.15, 0.2) is 12.9 Å². The first-order valence-corrected chi connectivity index (χ1v) is 9.47. The van der Waals surface area contributed by atoms with Crippen LogP contribution >= 0.6 is 0 Å². The van der Waals surface area contributed by atoms with Crippen molar-refractivity contribution in [3.05, 3.63) is 90.0 Å². The summed E-state index contributed by atoms with van der Waals surface area (Å²) in [5.74, 6) is -0.448. The highest BCUT2D eigenvalue weighted by Gasteiger charge is 2.25. The Morgan fingerprint density at radius 1 is 0.968 bits per heavy atom. The molecular weight excluding hydrogens is 398 g/mol. The normalized spacial score (nSPS) is 11.1. The third kappa shape index (κ3) is 5.93. The first-order valence-electron chi connectivity index (χ1n) is 9.47. The summed E-state index contributed by atoms with van der Waals surface area (Å²) < 4.78 is 16.0. The van der Waals surface area contributed by atoms with Crippen LogP contribution in [0.5, 0.6) is 11.5 Å². The van der Waals surface area contributed by atoms with E-state index in [0.29, 0.717) is 28.8 Å². The molecule has 0 unspecified atom stereocenters. The highest BCUT2D eigenvalue weighted by Crippen LogP contribution is 2.23. The zero-order chi connectivity index (χ0) is 22.1. The van der Waals surface area contributed by atoms with Gasteiger partial charge < -0.3 is 19.5 Å². The molecule has 3 rings (SSSR count). The molecule has 0 aliphatic rings. The Morgan fingerprint density at radius 2 is 1.71 bits per heavy atom. The van der Waals surface area contributed by atoms with Crippen molar-refractivity contribution in [2.24, 2.45) is 0 Å². The topological polar surface area (TPSA) is 90.9 Å². The number of carbonyl (C=O) groups excluding carboxylic acids is 3. The molecule has 158 valence electrons. The predicted molar refractivity (Wildman–Crippen MR) is 114 cm³/mol. The summed E-state index contributed by atoms with van der Waals surface area (Å²) in [5, 5.41) is 2.73. The number of benzene rings is 3. The molecule has 1 atom stereocenters. The fourth-order valence-corrected chi connectivity index (χ4v) is 2.82. The average molecular weight is 419 g/mol. The van der Waals surface area contributed by atoms with Crippen molar-refractivity contribution < 1.29 is 28.6 Å². The number of methoxy groups -OCH3 is 1. The van der Waals surface area contributed by atoms with Gasteiger partial charge in [-0.2, -0.15) is 0 Å². The molecule has 3 aromatic carbocycles. The number of nitrogens with one attached hydrogen (secondary N) is 1. The Hall–Kier alpha value is -4.13. The van der Waals surface area contributed by atoms with Gasteiger partial charge in [0.2, 0.25) is 6.10 Å². The molecule has 0 fully saturated rings. The smallest absolute Gasteiger partial charge is 0.345 e. The van der Waals surface area contributed by atoms with E-state index in [2.05, 4.69) is 5.32 Å². The van der Waals surface area contributed by atoms with E-state index in [0.717, 1.165) is 0 Å². The van der Waals surface area contributed by atoms with E-state index in [4.69, 9.17) is 14.2 Å². The van der Waals surface area contributed by atoms with Gasteiger partial charge in [-0.1, -0.05) is 48.5 Å². The number of hydrogen-bond donors (Lipinski definition) is 1. The Morgan fingerprint density at radius 3 is 2.45 bits per heavy atom. The maximum atomic E-state index is 12.9. The van der Waals surface area contributed by atoms with Crippen molar-refractivity contribution in [2.75, 3.05) is 19.0 Å². The molecule has 1 N–H and O–H groups in total. The number of amides is 1.